The molecule has 6 heteroatoms. The molecule has 1 saturated heterocycles. The van der Waals surface area contributed by atoms with Gasteiger partial charge in [-0.15, -0.1) is 0 Å². The number of halogens is 1. The Morgan fingerprint density at radius 1 is 1.38 bits per heavy atom. The molecule has 1 unspecified atom stereocenters. The van der Waals surface area contributed by atoms with Crippen LogP contribution < -0.4 is 0 Å². The van der Waals surface area contributed by atoms with E-state index in [0.717, 1.165) is 25.7 Å². The molecule has 1 aromatic rings. The maximum absolute atomic E-state index is 13.9. The first kappa shape index (κ1) is 16.4. The van der Waals surface area contributed by atoms with Crippen LogP contribution in [0.25, 0.3) is 0 Å². The number of sulfonamides is 1. The fourth-order valence-corrected chi connectivity index (χ4v) is 4.94. The lowest BCUT2D eigenvalue weighted by molar-refractivity contribution is 0.246. The van der Waals surface area contributed by atoms with E-state index in [9.17, 15) is 17.9 Å². The Labute approximate surface area is 125 Å². The van der Waals surface area contributed by atoms with Gasteiger partial charge in [-0.1, -0.05) is 13.3 Å². The van der Waals surface area contributed by atoms with Crippen LogP contribution >= 0.6 is 0 Å². The Balaban J connectivity index is 2.50. The molecule has 0 spiro atoms. The van der Waals surface area contributed by atoms with E-state index >= 15 is 0 Å². The van der Waals surface area contributed by atoms with Crippen molar-refractivity contribution in [2.24, 2.45) is 0 Å². The highest BCUT2D eigenvalue weighted by Crippen LogP contribution is 2.30. The molecule has 0 saturated carbocycles. The maximum Gasteiger partial charge on any atom is 0.243 e. The van der Waals surface area contributed by atoms with Gasteiger partial charge in [0, 0.05) is 18.2 Å². The van der Waals surface area contributed by atoms with E-state index in [1.54, 1.807) is 0 Å². The van der Waals surface area contributed by atoms with Gasteiger partial charge < -0.3 is 5.11 Å². The van der Waals surface area contributed by atoms with Crippen LogP contribution in [0.1, 0.15) is 43.7 Å². The smallest absolute Gasteiger partial charge is 0.243 e. The third-order valence-electron chi connectivity index (χ3n) is 4.17. The van der Waals surface area contributed by atoms with Crippen molar-refractivity contribution in [2.45, 2.75) is 57.1 Å². The lowest BCUT2D eigenvalue weighted by atomic mass is 10.0. The van der Waals surface area contributed by atoms with Crippen LogP contribution in [0.15, 0.2) is 17.0 Å². The van der Waals surface area contributed by atoms with Gasteiger partial charge in [-0.2, -0.15) is 4.31 Å². The minimum absolute atomic E-state index is 0.0214. The zero-order valence-corrected chi connectivity index (χ0v) is 13.3. The molecule has 0 aromatic heterocycles. The van der Waals surface area contributed by atoms with Crippen molar-refractivity contribution in [1.29, 1.82) is 0 Å². The van der Waals surface area contributed by atoms with Gasteiger partial charge in [0.05, 0.1) is 11.5 Å². The molecule has 1 aliphatic heterocycles. The molecule has 1 atom stereocenters. The summed E-state index contributed by atoms with van der Waals surface area (Å²) in [6.45, 7) is 3.53. The van der Waals surface area contributed by atoms with E-state index in [-0.39, 0.29) is 28.7 Å². The van der Waals surface area contributed by atoms with Gasteiger partial charge in [0.25, 0.3) is 0 Å². The number of aliphatic hydroxyl groups excluding tert-OH is 1. The molecule has 1 fully saturated rings. The standard InChI is InChI=1S/C15H22FNO3S/c1-3-13-6-4-5-7-17(13)21(19,20)15-9-12(10-18)8-14(16)11(15)2/h8-9,13,18H,3-7,10H2,1-2H3. The number of benzene rings is 1. The summed E-state index contributed by atoms with van der Waals surface area (Å²) in [4.78, 5) is -0.0214. The Kier molecular flexibility index (Phi) is 5.01. The molecule has 0 aliphatic carbocycles. The Hall–Kier alpha value is -0.980. The normalized spacial score (nSPS) is 20.7. The van der Waals surface area contributed by atoms with Crippen LogP contribution in [0.4, 0.5) is 4.39 Å². The highest BCUT2D eigenvalue weighted by atomic mass is 32.2. The summed E-state index contributed by atoms with van der Waals surface area (Å²) in [5.41, 5.74) is 0.398. The van der Waals surface area contributed by atoms with Crippen molar-refractivity contribution < 1.29 is 17.9 Å². The second kappa shape index (κ2) is 6.42. The van der Waals surface area contributed by atoms with Gasteiger partial charge in [0.2, 0.25) is 10.0 Å². The summed E-state index contributed by atoms with van der Waals surface area (Å²) in [6.07, 6.45) is 3.45. The Bertz CT molecular complexity index is 616. The molecule has 118 valence electrons. The Morgan fingerprint density at radius 2 is 2.10 bits per heavy atom. The zero-order valence-electron chi connectivity index (χ0n) is 12.5. The fourth-order valence-electron chi connectivity index (χ4n) is 2.89. The lowest BCUT2D eigenvalue weighted by Crippen LogP contribution is -2.43. The number of aliphatic hydroxyl groups is 1. The first-order chi connectivity index (χ1) is 9.91. The average molecular weight is 315 g/mol. The summed E-state index contributed by atoms with van der Waals surface area (Å²) in [7, 11) is -3.73. The van der Waals surface area contributed by atoms with Crippen molar-refractivity contribution in [1.82, 2.24) is 4.31 Å². The van der Waals surface area contributed by atoms with Crippen LogP contribution in [0.3, 0.4) is 0 Å². The van der Waals surface area contributed by atoms with Crippen LogP contribution in [0.2, 0.25) is 0 Å². The molecule has 0 bridgehead atoms. The highest BCUT2D eigenvalue weighted by Gasteiger charge is 2.34. The molecule has 1 heterocycles. The predicted molar refractivity (Wildman–Crippen MR) is 78.9 cm³/mol. The maximum atomic E-state index is 13.9. The summed E-state index contributed by atoms with van der Waals surface area (Å²) < 4.78 is 41.2. The third-order valence-corrected chi connectivity index (χ3v) is 6.25. The van der Waals surface area contributed by atoms with E-state index in [0.29, 0.717) is 6.54 Å². The van der Waals surface area contributed by atoms with Crippen LogP contribution in [0.5, 0.6) is 0 Å². The first-order valence-electron chi connectivity index (χ1n) is 7.33. The van der Waals surface area contributed by atoms with Crippen molar-refractivity contribution in [3.05, 3.63) is 29.1 Å². The van der Waals surface area contributed by atoms with Crippen molar-refractivity contribution in [2.75, 3.05) is 6.54 Å². The van der Waals surface area contributed by atoms with Crippen LogP contribution in [-0.4, -0.2) is 30.4 Å². The highest BCUT2D eigenvalue weighted by molar-refractivity contribution is 7.89. The largest absolute Gasteiger partial charge is 0.392 e. The molecule has 1 aliphatic rings. The van der Waals surface area contributed by atoms with Gasteiger partial charge in [0.1, 0.15) is 5.82 Å². The number of nitrogens with zero attached hydrogens (tertiary/aromatic N) is 1. The Morgan fingerprint density at radius 3 is 2.71 bits per heavy atom. The van der Waals surface area contributed by atoms with Gasteiger partial charge in [-0.05, 0) is 43.9 Å². The number of hydrogen-bond acceptors (Lipinski definition) is 3. The molecule has 0 radical (unpaired) electrons. The zero-order chi connectivity index (χ0) is 15.6. The van der Waals surface area contributed by atoms with E-state index in [4.69, 9.17) is 0 Å². The number of hydrogen-bond donors (Lipinski definition) is 1. The van der Waals surface area contributed by atoms with E-state index in [1.807, 2.05) is 6.92 Å². The molecule has 1 aromatic carbocycles. The second-order valence-electron chi connectivity index (χ2n) is 5.53. The van der Waals surface area contributed by atoms with Crippen molar-refractivity contribution >= 4 is 10.0 Å². The van der Waals surface area contributed by atoms with Gasteiger partial charge >= 0.3 is 0 Å². The van der Waals surface area contributed by atoms with E-state index in [1.165, 1.54) is 23.4 Å². The topological polar surface area (TPSA) is 57.6 Å². The fraction of sp³-hybridized carbons (Fsp3) is 0.600. The van der Waals surface area contributed by atoms with Gasteiger partial charge in [-0.25, -0.2) is 12.8 Å². The van der Waals surface area contributed by atoms with E-state index < -0.39 is 15.8 Å². The van der Waals surface area contributed by atoms with Crippen LogP contribution in [0, 0.1) is 12.7 Å². The molecular weight excluding hydrogens is 293 g/mol. The SMILES string of the molecule is CCC1CCCCN1S(=O)(=O)c1cc(CO)cc(F)c1C. The average Bonchev–Trinajstić information content (AvgIpc) is 2.49. The minimum atomic E-state index is -3.73. The van der Waals surface area contributed by atoms with E-state index in [2.05, 4.69) is 0 Å². The van der Waals surface area contributed by atoms with Crippen molar-refractivity contribution in [3.63, 3.8) is 0 Å². The molecule has 1 N–H and O–H groups in total. The molecule has 4 nitrogen and oxygen atoms in total. The number of piperidine rings is 1. The molecule has 21 heavy (non-hydrogen) atoms. The summed E-state index contributed by atoms with van der Waals surface area (Å²) in [6, 6.07) is 2.54. The summed E-state index contributed by atoms with van der Waals surface area (Å²) in [5, 5.41) is 9.18. The van der Waals surface area contributed by atoms with Crippen molar-refractivity contribution in [3.8, 4) is 0 Å². The predicted octanol–water partition coefficient (Wildman–Crippen LogP) is 2.58. The summed E-state index contributed by atoms with van der Waals surface area (Å²) in [5.74, 6) is -0.592. The monoisotopic (exact) mass is 315 g/mol. The second-order valence-corrected chi connectivity index (χ2v) is 7.39. The first-order valence-corrected chi connectivity index (χ1v) is 8.77. The van der Waals surface area contributed by atoms with Gasteiger partial charge in [-0.3, -0.25) is 0 Å². The minimum Gasteiger partial charge on any atom is -0.392 e. The molecule has 0 amide bonds. The third kappa shape index (κ3) is 3.12. The van der Waals surface area contributed by atoms with Crippen LogP contribution in [-0.2, 0) is 16.6 Å². The summed E-state index contributed by atoms with van der Waals surface area (Å²) >= 11 is 0. The van der Waals surface area contributed by atoms with Gasteiger partial charge in [0.15, 0.2) is 0 Å². The molecule has 2 rings (SSSR count). The lowest BCUT2D eigenvalue weighted by Gasteiger charge is -2.34. The quantitative estimate of drug-likeness (QED) is 0.929. The molecular formula is C15H22FNO3S. The number of rotatable bonds is 4.